The average Bonchev–Trinajstić information content (AvgIpc) is 3.25. The predicted molar refractivity (Wildman–Crippen MR) is 81.8 cm³/mol. The third kappa shape index (κ3) is 2.05. The Morgan fingerprint density at radius 1 is 1.00 bits per heavy atom. The van der Waals surface area contributed by atoms with Crippen LogP contribution in [-0.2, 0) is 0 Å². The molecule has 20 heavy (non-hydrogen) atoms. The lowest BCUT2D eigenvalue weighted by atomic mass is 9.94. The highest BCUT2D eigenvalue weighted by molar-refractivity contribution is 5.76. The van der Waals surface area contributed by atoms with Crippen LogP contribution in [0, 0.1) is 0 Å². The van der Waals surface area contributed by atoms with Crippen molar-refractivity contribution in [3.8, 4) is 0 Å². The van der Waals surface area contributed by atoms with Crippen LogP contribution in [0.4, 0.5) is 0 Å². The van der Waals surface area contributed by atoms with Crippen molar-refractivity contribution in [1.82, 2.24) is 9.55 Å². The molecule has 2 saturated carbocycles. The minimum absolute atomic E-state index is 0.284. The molecule has 106 valence electrons. The first-order chi connectivity index (χ1) is 9.84. The van der Waals surface area contributed by atoms with Crippen LogP contribution in [0.25, 0.3) is 11.0 Å². The second kappa shape index (κ2) is 4.88. The van der Waals surface area contributed by atoms with Gasteiger partial charge in [0.15, 0.2) is 0 Å². The Hall–Kier alpha value is -1.35. The number of nitrogens with zero attached hydrogens (tertiary/aromatic N) is 2. The maximum Gasteiger partial charge on any atom is 0.114 e. The first-order valence-electron chi connectivity index (χ1n) is 8.07. The molecule has 1 aromatic heterocycles. The Bertz CT molecular complexity index is 612. The molecule has 2 aromatic rings. The normalized spacial score (nSPS) is 27.6. The van der Waals surface area contributed by atoms with E-state index in [2.05, 4.69) is 28.8 Å². The summed E-state index contributed by atoms with van der Waals surface area (Å²) in [6, 6.07) is 9.52. The van der Waals surface area contributed by atoms with Crippen LogP contribution >= 0.6 is 0 Å². The van der Waals surface area contributed by atoms with Gasteiger partial charge in [-0.1, -0.05) is 31.4 Å². The van der Waals surface area contributed by atoms with Crippen molar-refractivity contribution in [3.05, 3.63) is 30.1 Å². The Labute approximate surface area is 120 Å². The summed E-state index contributed by atoms with van der Waals surface area (Å²) in [5, 5.41) is 0. The van der Waals surface area contributed by atoms with E-state index in [1.807, 2.05) is 0 Å². The quantitative estimate of drug-likeness (QED) is 0.844. The van der Waals surface area contributed by atoms with E-state index in [-0.39, 0.29) is 6.04 Å². The van der Waals surface area contributed by atoms with Crippen molar-refractivity contribution in [1.29, 1.82) is 0 Å². The van der Waals surface area contributed by atoms with E-state index in [0.29, 0.717) is 12.0 Å². The summed E-state index contributed by atoms with van der Waals surface area (Å²) in [6.45, 7) is 0. The summed E-state index contributed by atoms with van der Waals surface area (Å²) in [5.41, 5.74) is 8.92. The largest absolute Gasteiger partial charge is 0.327 e. The van der Waals surface area contributed by atoms with Crippen LogP contribution in [0.5, 0.6) is 0 Å². The number of imidazole rings is 1. The molecular formula is C17H23N3. The van der Waals surface area contributed by atoms with E-state index in [9.17, 15) is 0 Å². The number of hydrogen-bond acceptors (Lipinski definition) is 2. The maximum atomic E-state index is 6.47. The average molecular weight is 269 g/mol. The Morgan fingerprint density at radius 2 is 1.80 bits per heavy atom. The van der Waals surface area contributed by atoms with Gasteiger partial charge in [0.25, 0.3) is 0 Å². The number of benzene rings is 1. The number of nitrogens with two attached hydrogens (primary N) is 1. The molecule has 0 bridgehead atoms. The zero-order chi connectivity index (χ0) is 13.5. The summed E-state index contributed by atoms with van der Waals surface area (Å²) >= 11 is 0. The van der Waals surface area contributed by atoms with Gasteiger partial charge in [0.2, 0.25) is 0 Å². The van der Waals surface area contributed by atoms with Crippen LogP contribution < -0.4 is 5.73 Å². The SMILES string of the molecule is NC1CCCCCC1c1nc2ccccc2n1C1CC1. The lowest BCUT2D eigenvalue weighted by Gasteiger charge is -2.22. The summed E-state index contributed by atoms with van der Waals surface area (Å²) in [6.07, 6.45) is 8.86. The molecular weight excluding hydrogens is 246 g/mol. The van der Waals surface area contributed by atoms with Gasteiger partial charge in [0.1, 0.15) is 5.82 Å². The highest BCUT2D eigenvalue weighted by atomic mass is 15.1. The van der Waals surface area contributed by atoms with Gasteiger partial charge in [-0.05, 0) is 37.8 Å². The van der Waals surface area contributed by atoms with Crippen molar-refractivity contribution in [2.24, 2.45) is 5.73 Å². The van der Waals surface area contributed by atoms with Crippen molar-refractivity contribution >= 4 is 11.0 Å². The maximum absolute atomic E-state index is 6.47. The van der Waals surface area contributed by atoms with Crippen molar-refractivity contribution in [3.63, 3.8) is 0 Å². The van der Waals surface area contributed by atoms with Crippen LogP contribution in [0.15, 0.2) is 24.3 Å². The van der Waals surface area contributed by atoms with Crippen molar-refractivity contribution in [2.45, 2.75) is 62.9 Å². The zero-order valence-electron chi connectivity index (χ0n) is 12.0. The topological polar surface area (TPSA) is 43.8 Å². The summed E-state index contributed by atoms with van der Waals surface area (Å²) in [7, 11) is 0. The van der Waals surface area contributed by atoms with Gasteiger partial charge in [0.05, 0.1) is 11.0 Å². The molecule has 2 fully saturated rings. The molecule has 0 aliphatic heterocycles. The highest BCUT2D eigenvalue weighted by Crippen LogP contribution is 2.42. The Morgan fingerprint density at radius 3 is 2.65 bits per heavy atom. The van der Waals surface area contributed by atoms with Gasteiger partial charge < -0.3 is 10.3 Å². The Balaban J connectivity index is 1.83. The van der Waals surface area contributed by atoms with Crippen LogP contribution in [0.3, 0.4) is 0 Å². The summed E-state index contributed by atoms with van der Waals surface area (Å²) in [4.78, 5) is 4.97. The molecule has 0 saturated heterocycles. The van der Waals surface area contributed by atoms with Crippen LogP contribution in [0.2, 0.25) is 0 Å². The first-order valence-corrected chi connectivity index (χ1v) is 8.07. The van der Waals surface area contributed by atoms with Crippen molar-refractivity contribution < 1.29 is 0 Å². The van der Waals surface area contributed by atoms with Gasteiger partial charge in [0, 0.05) is 18.0 Å². The molecule has 2 aliphatic carbocycles. The number of hydrogen-bond donors (Lipinski definition) is 1. The number of para-hydroxylation sites is 2. The third-order valence-corrected chi connectivity index (χ3v) is 4.94. The molecule has 2 unspecified atom stereocenters. The molecule has 2 atom stereocenters. The Kier molecular flexibility index (Phi) is 3.03. The fourth-order valence-electron chi connectivity index (χ4n) is 3.70. The monoisotopic (exact) mass is 269 g/mol. The molecule has 1 aromatic carbocycles. The highest BCUT2D eigenvalue weighted by Gasteiger charge is 2.33. The molecule has 3 nitrogen and oxygen atoms in total. The second-order valence-electron chi connectivity index (χ2n) is 6.47. The zero-order valence-corrected chi connectivity index (χ0v) is 12.0. The molecule has 2 aliphatic rings. The van der Waals surface area contributed by atoms with E-state index in [1.165, 1.54) is 49.9 Å². The van der Waals surface area contributed by atoms with Gasteiger partial charge in [-0.15, -0.1) is 0 Å². The predicted octanol–water partition coefficient (Wildman–Crippen LogP) is 3.75. The minimum atomic E-state index is 0.284. The smallest absolute Gasteiger partial charge is 0.114 e. The number of aromatic nitrogens is 2. The fraction of sp³-hybridized carbons (Fsp3) is 0.588. The lowest BCUT2D eigenvalue weighted by Crippen LogP contribution is -2.29. The standard InChI is InChI=1S/C17H23N3/c18-14-7-3-1-2-6-13(14)17-19-15-8-4-5-9-16(15)20(17)12-10-11-12/h4-5,8-9,12-14H,1-3,6-7,10-11,18H2. The molecule has 3 heteroatoms. The molecule has 2 N–H and O–H groups in total. The van der Waals surface area contributed by atoms with Crippen LogP contribution in [0.1, 0.15) is 62.7 Å². The number of rotatable bonds is 2. The summed E-state index contributed by atoms with van der Waals surface area (Å²) < 4.78 is 2.51. The molecule has 0 amide bonds. The van der Waals surface area contributed by atoms with E-state index in [4.69, 9.17) is 10.7 Å². The molecule has 0 radical (unpaired) electrons. The van der Waals surface area contributed by atoms with E-state index >= 15 is 0 Å². The molecule has 4 rings (SSSR count). The molecule has 1 heterocycles. The van der Waals surface area contributed by atoms with E-state index in [0.717, 1.165) is 11.9 Å². The van der Waals surface area contributed by atoms with Gasteiger partial charge in [-0.2, -0.15) is 0 Å². The second-order valence-corrected chi connectivity index (χ2v) is 6.47. The van der Waals surface area contributed by atoms with E-state index < -0.39 is 0 Å². The number of fused-ring (bicyclic) bond motifs is 1. The lowest BCUT2D eigenvalue weighted by molar-refractivity contribution is 0.465. The fourth-order valence-corrected chi connectivity index (χ4v) is 3.70. The third-order valence-electron chi connectivity index (χ3n) is 4.94. The van der Waals surface area contributed by atoms with Gasteiger partial charge in [-0.3, -0.25) is 0 Å². The van der Waals surface area contributed by atoms with E-state index in [1.54, 1.807) is 0 Å². The first kappa shape index (κ1) is 12.4. The molecule has 0 spiro atoms. The van der Waals surface area contributed by atoms with Crippen molar-refractivity contribution in [2.75, 3.05) is 0 Å². The van der Waals surface area contributed by atoms with Gasteiger partial charge in [-0.25, -0.2) is 4.98 Å². The minimum Gasteiger partial charge on any atom is -0.327 e. The summed E-state index contributed by atoms with van der Waals surface area (Å²) in [5.74, 6) is 1.72. The van der Waals surface area contributed by atoms with Gasteiger partial charge >= 0.3 is 0 Å². The van der Waals surface area contributed by atoms with Crippen LogP contribution in [-0.4, -0.2) is 15.6 Å².